The summed E-state index contributed by atoms with van der Waals surface area (Å²) in [5, 5.41) is 7.11. The van der Waals surface area contributed by atoms with Gasteiger partial charge in [-0.1, -0.05) is 12.1 Å². The average molecular weight is 380 g/mol. The topological polar surface area (TPSA) is 57.3 Å². The summed E-state index contributed by atoms with van der Waals surface area (Å²) in [4.78, 5) is 18.6. The van der Waals surface area contributed by atoms with E-state index < -0.39 is 17.7 Å². The van der Waals surface area contributed by atoms with E-state index in [1.54, 1.807) is 24.5 Å². The van der Waals surface area contributed by atoms with Crippen LogP contribution in [-0.2, 0) is 0 Å². The number of benzene rings is 2. The van der Waals surface area contributed by atoms with Gasteiger partial charge in [-0.25, -0.2) is 13.6 Å². The van der Waals surface area contributed by atoms with E-state index in [2.05, 4.69) is 15.6 Å². The second-order valence-corrected chi connectivity index (χ2v) is 7.43. The number of hydrogen-bond donors (Lipinski definition) is 2. The number of urea groups is 1. The second-order valence-electron chi connectivity index (χ2n) is 7.43. The monoisotopic (exact) mass is 380 g/mol. The highest BCUT2D eigenvalue weighted by Gasteiger charge is 2.46. The molecule has 2 fully saturated rings. The van der Waals surface area contributed by atoms with Crippen molar-refractivity contribution < 1.29 is 13.6 Å². The Labute approximate surface area is 160 Å². The molecule has 1 saturated carbocycles. The number of fused-ring (bicyclic) bond motifs is 2. The molecule has 5 rings (SSSR count). The molecule has 2 heterocycles. The first kappa shape index (κ1) is 16.9. The average Bonchev–Trinajstić information content (AvgIpc) is 3.27. The zero-order valence-corrected chi connectivity index (χ0v) is 15.0. The minimum Gasteiger partial charge on any atom is -0.367 e. The lowest BCUT2D eigenvalue weighted by Crippen LogP contribution is -2.27. The highest BCUT2D eigenvalue weighted by molar-refractivity contribution is 6.07. The quantitative estimate of drug-likeness (QED) is 0.698. The molecule has 142 valence electrons. The molecule has 0 radical (unpaired) electrons. The number of nitrogens with one attached hydrogen (secondary N) is 2. The van der Waals surface area contributed by atoms with Crippen LogP contribution in [0.3, 0.4) is 0 Å². The zero-order valence-electron chi connectivity index (χ0n) is 15.0. The van der Waals surface area contributed by atoms with E-state index in [9.17, 15) is 13.6 Å². The third-order valence-electron chi connectivity index (χ3n) is 5.50. The number of amides is 2. The fourth-order valence-electron chi connectivity index (χ4n) is 4.07. The Kier molecular flexibility index (Phi) is 3.89. The number of rotatable bonds is 3. The molecule has 5 nitrogen and oxygen atoms in total. The molecule has 2 atom stereocenters. The van der Waals surface area contributed by atoms with Gasteiger partial charge in [0, 0.05) is 42.3 Å². The van der Waals surface area contributed by atoms with Crippen LogP contribution < -0.4 is 15.5 Å². The van der Waals surface area contributed by atoms with E-state index in [0.717, 1.165) is 36.0 Å². The van der Waals surface area contributed by atoms with Gasteiger partial charge in [0.1, 0.15) is 5.82 Å². The normalized spacial score (nSPS) is 20.1. The van der Waals surface area contributed by atoms with Gasteiger partial charge in [0.2, 0.25) is 0 Å². The number of hydrogen-bond acceptors (Lipinski definition) is 3. The lowest BCUT2D eigenvalue weighted by Gasteiger charge is -2.24. The highest BCUT2D eigenvalue weighted by Crippen LogP contribution is 2.48. The Bertz CT molecular complexity index is 1070. The number of anilines is 3. The molecule has 1 aromatic heterocycles. The van der Waals surface area contributed by atoms with Crippen LogP contribution in [-0.4, -0.2) is 24.1 Å². The van der Waals surface area contributed by atoms with Crippen molar-refractivity contribution >= 4 is 33.9 Å². The summed E-state index contributed by atoms with van der Waals surface area (Å²) in [6.45, 7) is 1.47. The maximum atomic E-state index is 14.5. The Morgan fingerprint density at radius 3 is 2.68 bits per heavy atom. The first-order chi connectivity index (χ1) is 13.6. The summed E-state index contributed by atoms with van der Waals surface area (Å²) in [7, 11) is 0. The van der Waals surface area contributed by atoms with Crippen LogP contribution in [0.1, 0.15) is 6.42 Å². The number of halogens is 2. The summed E-state index contributed by atoms with van der Waals surface area (Å²) < 4.78 is 28.4. The third kappa shape index (κ3) is 3.02. The van der Waals surface area contributed by atoms with E-state index in [0.29, 0.717) is 17.5 Å². The van der Waals surface area contributed by atoms with Gasteiger partial charge in [0.05, 0.1) is 17.1 Å². The van der Waals surface area contributed by atoms with Crippen LogP contribution in [0.5, 0.6) is 0 Å². The van der Waals surface area contributed by atoms with Crippen molar-refractivity contribution in [3.63, 3.8) is 0 Å². The molecule has 2 aromatic carbocycles. The predicted octanol–water partition coefficient (Wildman–Crippen LogP) is 4.61. The van der Waals surface area contributed by atoms with E-state index in [1.807, 2.05) is 17.0 Å². The van der Waals surface area contributed by atoms with Crippen molar-refractivity contribution in [1.82, 2.24) is 4.98 Å². The molecule has 2 aliphatic rings. The first-order valence-corrected chi connectivity index (χ1v) is 9.23. The van der Waals surface area contributed by atoms with Crippen molar-refractivity contribution in [2.24, 2.45) is 11.8 Å². The summed E-state index contributed by atoms with van der Waals surface area (Å²) in [6, 6.07) is 8.74. The SMILES string of the molecule is O=C(Nc1cc(F)cc(F)c1N1CC2C[C@H]2C1)Nc1cccc2cnccc12. The third-order valence-corrected chi connectivity index (χ3v) is 5.50. The predicted molar refractivity (Wildman–Crippen MR) is 105 cm³/mol. The Hall–Kier alpha value is -3.22. The molecule has 1 aliphatic carbocycles. The van der Waals surface area contributed by atoms with E-state index in [1.165, 1.54) is 6.42 Å². The van der Waals surface area contributed by atoms with E-state index in [4.69, 9.17) is 0 Å². The van der Waals surface area contributed by atoms with Gasteiger partial charge >= 0.3 is 6.03 Å². The summed E-state index contributed by atoms with van der Waals surface area (Å²) in [5.74, 6) is -0.226. The van der Waals surface area contributed by atoms with Crippen molar-refractivity contribution in [3.05, 3.63) is 60.4 Å². The molecule has 0 spiro atoms. The molecule has 2 N–H and O–H groups in total. The largest absolute Gasteiger partial charge is 0.367 e. The molecular weight excluding hydrogens is 362 g/mol. The van der Waals surface area contributed by atoms with Crippen molar-refractivity contribution in [3.8, 4) is 0 Å². The number of piperidine rings is 1. The van der Waals surface area contributed by atoms with Crippen molar-refractivity contribution in [1.29, 1.82) is 0 Å². The van der Waals surface area contributed by atoms with Crippen molar-refractivity contribution in [2.75, 3.05) is 28.6 Å². The second kappa shape index (κ2) is 6.44. The Morgan fingerprint density at radius 1 is 1.07 bits per heavy atom. The molecule has 1 saturated heterocycles. The van der Waals surface area contributed by atoms with Gasteiger partial charge in [0.25, 0.3) is 0 Å². The molecule has 1 unspecified atom stereocenters. The first-order valence-electron chi connectivity index (χ1n) is 9.23. The van der Waals surface area contributed by atoms with Gasteiger partial charge in [-0.05, 0) is 36.5 Å². The van der Waals surface area contributed by atoms with Crippen LogP contribution in [0.25, 0.3) is 10.8 Å². The van der Waals surface area contributed by atoms with Crippen LogP contribution in [0.2, 0.25) is 0 Å². The number of carbonyl (C=O) groups is 1. The number of nitrogens with zero attached hydrogens (tertiary/aromatic N) is 2. The Morgan fingerprint density at radius 2 is 1.86 bits per heavy atom. The molecule has 3 aromatic rings. The summed E-state index contributed by atoms with van der Waals surface area (Å²) >= 11 is 0. The zero-order chi connectivity index (χ0) is 19.3. The lowest BCUT2D eigenvalue weighted by molar-refractivity contribution is 0.262. The van der Waals surface area contributed by atoms with Crippen LogP contribution in [0, 0.1) is 23.5 Å². The van der Waals surface area contributed by atoms with Gasteiger partial charge < -0.3 is 15.5 Å². The minimum atomic E-state index is -0.725. The van der Waals surface area contributed by atoms with Gasteiger partial charge in [-0.15, -0.1) is 0 Å². The Balaban J connectivity index is 1.41. The lowest BCUT2D eigenvalue weighted by atomic mass is 10.1. The van der Waals surface area contributed by atoms with Crippen molar-refractivity contribution in [2.45, 2.75) is 6.42 Å². The molecular formula is C21H18F2N4O. The maximum absolute atomic E-state index is 14.5. The standard InChI is InChI=1S/C21H18F2N4O/c22-15-7-17(23)20(27-10-13-6-14(13)11-27)19(8-15)26-21(28)25-18-3-1-2-12-9-24-5-4-16(12)18/h1-5,7-9,13-14H,6,10-11H2,(H2,25,26,28)/t13-,14?/m0/s1. The van der Waals surface area contributed by atoms with Crippen LogP contribution in [0.4, 0.5) is 30.6 Å². The van der Waals surface area contributed by atoms with Crippen LogP contribution >= 0.6 is 0 Å². The highest BCUT2D eigenvalue weighted by atomic mass is 19.1. The number of pyridine rings is 1. The molecule has 28 heavy (non-hydrogen) atoms. The molecule has 1 aliphatic heterocycles. The maximum Gasteiger partial charge on any atom is 0.323 e. The van der Waals surface area contributed by atoms with E-state index in [-0.39, 0.29) is 11.4 Å². The molecule has 2 amide bonds. The summed E-state index contributed by atoms with van der Waals surface area (Å²) in [5.41, 5.74) is 0.988. The van der Waals surface area contributed by atoms with Gasteiger partial charge in [0.15, 0.2) is 5.82 Å². The smallest absolute Gasteiger partial charge is 0.323 e. The molecule has 0 bridgehead atoms. The number of aromatic nitrogens is 1. The molecule has 7 heteroatoms. The van der Waals surface area contributed by atoms with Gasteiger partial charge in [-0.3, -0.25) is 4.98 Å². The summed E-state index contributed by atoms with van der Waals surface area (Å²) in [6.07, 6.45) is 4.51. The minimum absolute atomic E-state index is 0.137. The van der Waals surface area contributed by atoms with Gasteiger partial charge in [-0.2, -0.15) is 0 Å². The van der Waals surface area contributed by atoms with Crippen LogP contribution in [0.15, 0.2) is 48.8 Å². The fraction of sp³-hybridized carbons (Fsp3) is 0.238. The van der Waals surface area contributed by atoms with E-state index >= 15 is 0 Å². The number of carbonyl (C=O) groups excluding carboxylic acids is 1. The fourth-order valence-corrected chi connectivity index (χ4v) is 4.07.